The first-order chi connectivity index (χ1) is 10.0. The molecule has 5 heteroatoms. The summed E-state index contributed by atoms with van der Waals surface area (Å²) in [7, 11) is 0. The molecule has 2 rings (SSSR count). The molecule has 0 fully saturated rings. The summed E-state index contributed by atoms with van der Waals surface area (Å²) in [6, 6.07) is 16.0. The maximum absolute atomic E-state index is 5.22. The Labute approximate surface area is 138 Å². The molecule has 2 aromatic rings. The van der Waals surface area contributed by atoms with Crippen LogP contribution < -0.4 is 10.7 Å². The molecule has 3 nitrogen and oxygen atoms in total. The van der Waals surface area contributed by atoms with Gasteiger partial charge in [0.1, 0.15) is 0 Å². The number of anilines is 1. The van der Waals surface area contributed by atoms with Gasteiger partial charge in [0.05, 0.1) is 5.71 Å². The molecule has 0 unspecified atom stereocenters. The third-order valence-electron chi connectivity index (χ3n) is 2.90. The van der Waals surface area contributed by atoms with Crippen molar-refractivity contribution in [1.29, 1.82) is 0 Å². The molecule has 0 aromatic heterocycles. The van der Waals surface area contributed by atoms with Crippen molar-refractivity contribution < 1.29 is 0 Å². The van der Waals surface area contributed by atoms with Crippen molar-refractivity contribution in [2.45, 2.75) is 13.8 Å². The summed E-state index contributed by atoms with van der Waals surface area (Å²) < 4.78 is 1.04. The number of aryl methyl sites for hydroxylation is 1. The van der Waals surface area contributed by atoms with Gasteiger partial charge in [-0.2, -0.15) is 5.10 Å². The fourth-order valence-electron chi connectivity index (χ4n) is 1.69. The summed E-state index contributed by atoms with van der Waals surface area (Å²) >= 11 is 8.63. The van der Waals surface area contributed by atoms with Crippen molar-refractivity contribution >= 4 is 44.7 Å². The number of hydrogen-bond acceptors (Lipinski definition) is 2. The molecule has 0 saturated carbocycles. The van der Waals surface area contributed by atoms with Gasteiger partial charge in [-0.25, -0.2) is 0 Å². The first-order valence-corrected chi connectivity index (χ1v) is 7.68. The maximum atomic E-state index is 5.22. The van der Waals surface area contributed by atoms with Crippen LogP contribution in [0, 0.1) is 6.92 Å². The molecule has 0 aliphatic heterocycles. The molecule has 0 atom stereocenters. The van der Waals surface area contributed by atoms with E-state index in [9.17, 15) is 0 Å². The van der Waals surface area contributed by atoms with E-state index in [4.69, 9.17) is 12.2 Å². The van der Waals surface area contributed by atoms with Crippen LogP contribution in [-0.2, 0) is 0 Å². The Morgan fingerprint density at radius 3 is 2.29 bits per heavy atom. The van der Waals surface area contributed by atoms with Crippen LogP contribution in [0.15, 0.2) is 58.1 Å². The minimum absolute atomic E-state index is 0.468. The molecule has 2 N–H and O–H groups in total. The van der Waals surface area contributed by atoms with E-state index in [0.717, 1.165) is 21.4 Å². The van der Waals surface area contributed by atoms with E-state index in [1.807, 2.05) is 62.4 Å². The minimum atomic E-state index is 0.468. The highest BCUT2D eigenvalue weighted by Gasteiger charge is 1.99. The Morgan fingerprint density at radius 2 is 1.67 bits per heavy atom. The van der Waals surface area contributed by atoms with Crippen LogP contribution in [0.4, 0.5) is 5.69 Å². The van der Waals surface area contributed by atoms with Crippen LogP contribution in [0.2, 0.25) is 0 Å². The molecule has 0 bridgehead atoms. The normalized spacial score (nSPS) is 11.1. The van der Waals surface area contributed by atoms with Crippen molar-refractivity contribution in [3.8, 4) is 0 Å². The molecule has 0 spiro atoms. The van der Waals surface area contributed by atoms with Crippen LogP contribution in [0.25, 0.3) is 0 Å². The summed E-state index contributed by atoms with van der Waals surface area (Å²) in [5.74, 6) is 0. The van der Waals surface area contributed by atoms with E-state index < -0.39 is 0 Å². The van der Waals surface area contributed by atoms with Gasteiger partial charge in [0.2, 0.25) is 0 Å². The van der Waals surface area contributed by atoms with Gasteiger partial charge >= 0.3 is 0 Å². The lowest BCUT2D eigenvalue weighted by atomic mass is 10.1. The second kappa shape index (κ2) is 7.33. The molecule has 0 heterocycles. The topological polar surface area (TPSA) is 36.4 Å². The highest BCUT2D eigenvalue weighted by molar-refractivity contribution is 9.10. The SMILES string of the molecule is CC(=NNC(=S)Nc1ccc(C)cc1)c1ccc(Br)cc1. The molecule has 2 aromatic carbocycles. The Morgan fingerprint density at radius 1 is 1.05 bits per heavy atom. The predicted molar refractivity (Wildman–Crippen MR) is 96.9 cm³/mol. The van der Waals surface area contributed by atoms with Gasteiger partial charge in [-0.15, -0.1) is 0 Å². The number of hydrazone groups is 1. The average Bonchev–Trinajstić information content (AvgIpc) is 2.48. The summed E-state index contributed by atoms with van der Waals surface area (Å²) in [5.41, 5.74) is 6.92. The molecule has 21 heavy (non-hydrogen) atoms. The van der Waals surface area contributed by atoms with E-state index in [1.165, 1.54) is 5.56 Å². The van der Waals surface area contributed by atoms with Crippen LogP contribution in [-0.4, -0.2) is 10.8 Å². The fourth-order valence-corrected chi connectivity index (χ4v) is 2.11. The van der Waals surface area contributed by atoms with E-state index in [-0.39, 0.29) is 0 Å². The van der Waals surface area contributed by atoms with Gasteiger partial charge in [0.15, 0.2) is 5.11 Å². The van der Waals surface area contributed by atoms with Gasteiger partial charge in [-0.05, 0) is 55.9 Å². The van der Waals surface area contributed by atoms with Crippen LogP contribution in [0.5, 0.6) is 0 Å². The van der Waals surface area contributed by atoms with Gasteiger partial charge in [-0.3, -0.25) is 5.43 Å². The van der Waals surface area contributed by atoms with Crippen molar-refractivity contribution in [2.24, 2.45) is 5.10 Å². The summed E-state index contributed by atoms with van der Waals surface area (Å²) in [5, 5.41) is 7.84. The molecule has 0 aliphatic carbocycles. The second-order valence-electron chi connectivity index (χ2n) is 4.64. The number of nitrogens with one attached hydrogen (secondary N) is 2. The zero-order valence-corrected chi connectivity index (χ0v) is 14.3. The number of rotatable bonds is 3. The third-order valence-corrected chi connectivity index (χ3v) is 3.62. The standard InChI is InChI=1S/C16H16BrN3S/c1-11-3-9-15(10-4-11)18-16(21)20-19-12(2)13-5-7-14(17)8-6-13/h3-10H,1-2H3,(H2,18,20,21). The maximum Gasteiger partial charge on any atom is 0.191 e. The van der Waals surface area contributed by atoms with Crippen LogP contribution in [0.3, 0.4) is 0 Å². The van der Waals surface area contributed by atoms with Crippen LogP contribution in [0.1, 0.15) is 18.1 Å². The van der Waals surface area contributed by atoms with E-state index >= 15 is 0 Å². The largest absolute Gasteiger partial charge is 0.331 e. The van der Waals surface area contributed by atoms with Gasteiger partial charge in [0.25, 0.3) is 0 Å². The van der Waals surface area contributed by atoms with E-state index in [2.05, 4.69) is 31.8 Å². The number of benzene rings is 2. The molecular formula is C16H16BrN3S. The molecule has 108 valence electrons. The highest BCUT2D eigenvalue weighted by Crippen LogP contribution is 2.11. The average molecular weight is 362 g/mol. The Hall–Kier alpha value is -1.72. The predicted octanol–water partition coefficient (Wildman–Crippen LogP) is 4.47. The van der Waals surface area contributed by atoms with Crippen LogP contribution >= 0.6 is 28.1 Å². The molecule has 0 saturated heterocycles. The third kappa shape index (κ3) is 4.95. The summed E-state index contributed by atoms with van der Waals surface area (Å²) in [4.78, 5) is 0. The fraction of sp³-hybridized carbons (Fsp3) is 0.125. The van der Waals surface area contributed by atoms with Gasteiger partial charge in [0, 0.05) is 10.2 Å². The smallest absolute Gasteiger partial charge is 0.191 e. The van der Waals surface area contributed by atoms with Crippen molar-refractivity contribution in [2.75, 3.05) is 5.32 Å². The lowest BCUT2D eigenvalue weighted by Crippen LogP contribution is -2.24. The Bertz CT molecular complexity index is 648. The monoisotopic (exact) mass is 361 g/mol. The Balaban J connectivity index is 1.94. The van der Waals surface area contributed by atoms with Crippen molar-refractivity contribution in [3.63, 3.8) is 0 Å². The highest BCUT2D eigenvalue weighted by atomic mass is 79.9. The van der Waals surface area contributed by atoms with Crippen molar-refractivity contribution in [3.05, 3.63) is 64.1 Å². The lowest BCUT2D eigenvalue weighted by Gasteiger charge is -2.08. The zero-order valence-electron chi connectivity index (χ0n) is 11.9. The van der Waals surface area contributed by atoms with Gasteiger partial charge in [-0.1, -0.05) is 45.8 Å². The zero-order chi connectivity index (χ0) is 15.2. The molecular weight excluding hydrogens is 346 g/mol. The first-order valence-electron chi connectivity index (χ1n) is 6.48. The Kier molecular flexibility index (Phi) is 5.47. The molecule has 0 amide bonds. The summed E-state index contributed by atoms with van der Waals surface area (Å²) in [6.45, 7) is 3.98. The molecule has 0 radical (unpaired) electrons. The molecule has 0 aliphatic rings. The number of hydrogen-bond donors (Lipinski definition) is 2. The van der Waals surface area contributed by atoms with Crippen molar-refractivity contribution in [1.82, 2.24) is 5.43 Å². The lowest BCUT2D eigenvalue weighted by molar-refractivity contribution is 1.04. The number of thiocarbonyl (C=S) groups is 1. The minimum Gasteiger partial charge on any atom is -0.331 e. The summed E-state index contributed by atoms with van der Waals surface area (Å²) in [6.07, 6.45) is 0. The van der Waals surface area contributed by atoms with E-state index in [0.29, 0.717) is 5.11 Å². The quantitative estimate of drug-likeness (QED) is 0.481. The van der Waals surface area contributed by atoms with E-state index in [1.54, 1.807) is 0 Å². The first kappa shape index (κ1) is 15.7. The second-order valence-corrected chi connectivity index (χ2v) is 5.96. The number of nitrogens with zero attached hydrogens (tertiary/aromatic N) is 1. The number of halogens is 1. The van der Waals surface area contributed by atoms with Gasteiger partial charge < -0.3 is 5.32 Å².